The van der Waals surface area contributed by atoms with Gasteiger partial charge in [-0.25, -0.2) is 0 Å². The molecule has 1 N–H and O–H groups in total. The predicted octanol–water partition coefficient (Wildman–Crippen LogP) is 4.83. The fraction of sp³-hybridized carbons (Fsp3) is 0.652. The van der Waals surface area contributed by atoms with E-state index in [2.05, 4.69) is 46.9 Å². The molecule has 156 valence electrons. The van der Waals surface area contributed by atoms with Gasteiger partial charge < -0.3 is 10.2 Å². The van der Waals surface area contributed by atoms with E-state index in [1.807, 2.05) is 45.0 Å². The number of amides is 2. The second kappa shape index (κ2) is 7.74. The Morgan fingerprint density at radius 3 is 1.93 bits per heavy atom. The van der Waals surface area contributed by atoms with Crippen molar-refractivity contribution >= 4 is 23.6 Å². The first-order valence-corrected chi connectivity index (χ1v) is 11.0. The largest absolute Gasteiger partial charge is 0.350 e. The molecule has 5 heteroatoms. The van der Waals surface area contributed by atoms with Crippen LogP contribution in [0.4, 0.5) is 0 Å². The Labute approximate surface area is 174 Å². The molecular formula is C23H36N2O2S. The fourth-order valence-corrected chi connectivity index (χ4v) is 4.92. The standard InChI is InChI=1S/C23H36N2O2S/c1-21(2,3)16-12-10-15(11-13-16)19(27)25-17(18(26)24-23(7,8)9)14-28-20(25)22(4,5)6/h10-13,17,20H,14H2,1-9H3,(H,24,26). The maximum absolute atomic E-state index is 13.5. The van der Waals surface area contributed by atoms with E-state index in [0.29, 0.717) is 11.3 Å². The highest BCUT2D eigenvalue weighted by atomic mass is 32.2. The normalized spacial score (nSPS) is 21.0. The average molecular weight is 405 g/mol. The number of hydrogen-bond donors (Lipinski definition) is 1. The van der Waals surface area contributed by atoms with Gasteiger partial charge in [-0.15, -0.1) is 11.8 Å². The van der Waals surface area contributed by atoms with Crippen LogP contribution in [0, 0.1) is 5.41 Å². The van der Waals surface area contributed by atoms with Gasteiger partial charge in [0.2, 0.25) is 5.91 Å². The molecule has 2 amide bonds. The van der Waals surface area contributed by atoms with Crippen LogP contribution in [0.15, 0.2) is 24.3 Å². The van der Waals surface area contributed by atoms with Crippen LogP contribution in [0.25, 0.3) is 0 Å². The van der Waals surface area contributed by atoms with Gasteiger partial charge in [0, 0.05) is 16.9 Å². The van der Waals surface area contributed by atoms with Crippen LogP contribution < -0.4 is 5.32 Å². The second-order valence-corrected chi connectivity index (χ2v) is 12.0. The monoisotopic (exact) mass is 404 g/mol. The van der Waals surface area contributed by atoms with Crippen molar-refractivity contribution in [2.75, 3.05) is 5.75 Å². The van der Waals surface area contributed by atoms with Gasteiger partial charge in [-0.2, -0.15) is 0 Å². The molecule has 0 aliphatic carbocycles. The lowest BCUT2D eigenvalue weighted by molar-refractivity contribution is -0.126. The molecule has 28 heavy (non-hydrogen) atoms. The maximum Gasteiger partial charge on any atom is 0.255 e. The summed E-state index contributed by atoms with van der Waals surface area (Å²) in [6.07, 6.45) is 0. The predicted molar refractivity (Wildman–Crippen MR) is 119 cm³/mol. The van der Waals surface area contributed by atoms with Crippen LogP contribution in [0.1, 0.15) is 78.2 Å². The number of nitrogens with one attached hydrogen (secondary N) is 1. The lowest BCUT2D eigenvalue weighted by Crippen LogP contribution is -2.55. The summed E-state index contributed by atoms with van der Waals surface area (Å²) in [5.41, 5.74) is 1.41. The van der Waals surface area contributed by atoms with Crippen molar-refractivity contribution in [3.63, 3.8) is 0 Å². The number of benzene rings is 1. The van der Waals surface area contributed by atoms with Crippen molar-refractivity contribution in [3.05, 3.63) is 35.4 Å². The smallest absolute Gasteiger partial charge is 0.255 e. The van der Waals surface area contributed by atoms with Crippen LogP contribution >= 0.6 is 11.8 Å². The van der Waals surface area contributed by atoms with Gasteiger partial charge in [0.05, 0.1) is 5.37 Å². The molecule has 0 saturated carbocycles. The van der Waals surface area contributed by atoms with Gasteiger partial charge in [0.15, 0.2) is 0 Å². The van der Waals surface area contributed by atoms with E-state index in [-0.39, 0.29) is 33.6 Å². The molecule has 4 nitrogen and oxygen atoms in total. The molecule has 2 rings (SSSR count). The number of thioether (sulfide) groups is 1. The minimum atomic E-state index is -0.455. The third kappa shape index (κ3) is 5.31. The quantitative estimate of drug-likeness (QED) is 0.768. The first-order chi connectivity index (χ1) is 12.6. The average Bonchev–Trinajstić information content (AvgIpc) is 2.97. The highest BCUT2D eigenvalue weighted by Gasteiger charge is 2.47. The number of hydrogen-bond acceptors (Lipinski definition) is 3. The SMILES string of the molecule is CC(C)(C)NC(=O)C1CSC(C(C)(C)C)N1C(=O)c1ccc(C(C)(C)C)cc1. The Kier molecular flexibility index (Phi) is 6.30. The van der Waals surface area contributed by atoms with Crippen molar-refractivity contribution in [3.8, 4) is 0 Å². The number of nitrogens with zero attached hydrogens (tertiary/aromatic N) is 1. The first kappa shape index (κ1) is 22.8. The van der Waals surface area contributed by atoms with Gasteiger partial charge in [-0.05, 0) is 49.3 Å². The molecular weight excluding hydrogens is 368 g/mol. The van der Waals surface area contributed by atoms with Crippen LogP contribution in [0.5, 0.6) is 0 Å². The zero-order valence-corrected chi connectivity index (χ0v) is 19.7. The Hall–Kier alpha value is -1.49. The molecule has 0 bridgehead atoms. The molecule has 1 heterocycles. The molecule has 2 atom stereocenters. The zero-order chi connectivity index (χ0) is 21.5. The van der Waals surface area contributed by atoms with Gasteiger partial charge in [-0.1, -0.05) is 53.7 Å². The maximum atomic E-state index is 13.5. The van der Waals surface area contributed by atoms with E-state index >= 15 is 0 Å². The highest BCUT2D eigenvalue weighted by molar-refractivity contribution is 8.00. The van der Waals surface area contributed by atoms with Crippen LogP contribution in [-0.2, 0) is 10.2 Å². The van der Waals surface area contributed by atoms with Crippen LogP contribution in [-0.4, -0.2) is 39.4 Å². The molecule has 0 spiro atoms. The summed E-state index contributed by atoms with van der Waals surface area (Å²) in [5, 5.41) is 3.01. The molecule has 0 aromatic heterocycles. The Bertz CT molecular complexity index is 721. The van der Waals surface area contributed by atoms with Gasteiger partial charge >= 0.3 is 0 Å². The van der Waals surface area contributed by atoms with Crippen molar-refractivity contribution in [1.82, 2.24) is 10.2 Å². The number of rotatable bonds is 2. The zero-order valence-electron chi connectivity index (χ0n) is 18.8. The number of carbonyl (C=O) groups excluding carboxylic acids is 2. The van der Waals surface area contributed by atoms with Crippen molar-refractivity contribution in [2.45, 2.75) is 84.7 Å². The Morgan fingerprint density at radius 1 is 0.964 bits per heavy atom. The summed E-state index contributed by atoms with van der Waals surface area (Å²) in [5.74, 6) is 0.473. The topological polar surface area (TPSA) is 49.4 Å². The van der Waals surface area contributed by atoms with Gasteiger partial charge in [0.1, 0.15) is 6.04 Å². The molecule has 1 aromatic rings. The van der Waals surface area contributed by atoms with Crippen LogP contribution in [0.3, 0.4) is 0 Å². The Morgan fingerprint density at radius 2 is 1.50 bits per heavy atom. The molecule has 1 aliphatic heterocycles. The number of carbonyl (C=O) groups is 2. The minimum Gasteiger partial charge on any atom is -0.350 e. The van der Waals surface area contributed by atoms with Gasteiger partial charge in [-0.3, -0.25) is 9.59 Å². The highest BCUT2D eigenvalue weighted by Crippen LogP contribution is 2.41. The fourth-order valence-electron chi connectivity index (χ4n) is 3.34. The molecule has 0 radical (unpaired) electrons. The van der Waals surface area contributed by atoms with Crippen molar-refractivity contribution in [2.24, 2.45) is 5.41 Å². The van der Waals surface area contributed by atoms with Crippen molar-refractivity contribution < 1.29 is 9.59 Å². The Balaban J connectivity index is 2.36. The molecule has 1 aliphatic rings. The summed E-state index contributed by atoms with van der Waals surface area (Å²) in [7, 11) is 0. The minimum absolute atomic E-state index is 0.0359. The summed E-state index contributed by atoms with van der Waals surface area (Å²) in [4.78, 5) is 28.2. The van der Waals surface area contributed by atoms with E-state index in [1.165, 1.54) is 5.56 Å². The lowest BCUT2D eigenvalue weighted by atomic mass is 9.86. The van der Waals surface area contributed by atoms with E-state index in [4.69, 9.17) is 0 Å². The summed E-state index contributed by atoms with van der Waals surface area (Å²) < 4.78 is 0. The lowest BCUT2D eigenvalue weighted by Gasteiger charge is -2.37. The molecule has 1 fully saturated rings. The molecule has 1 aromatic carbocycles. The van der Waals surface area contributed by atoms with Crippen LogP contribution in [0.2, 0.25) is 0 Å². The summed E-state index contributed by atoms with van der Waals surface area (Å²) >= 11 is 1.69. The van der Waals surface area contributed by atoms with E-state index in [1.54, 1.807) is 16.7 Å². The molecule has 1 saturated heterocycles. The molecule has 2 unspecified atom stereocenters. The third-order valence-corrected chi connectivity index (χ3v) is 6.53. The van der Waals surface area contributed by atoms with E-state index in [9.17, 15) is 9.59 Å². The van der Waals surface area contributed by atoms with E-state index in [0.717, 1.165) is 0 Å². The first-order valence-electron chi connectivity index (χ1n) is 9.98. The summed E-state index contributed by atoms with van der Waals surface area (Å²) in [6, 6.07) is 7.37. The third-order valence-electron chi connectivity index (χ3n) is 4.77. The second-order valence-electron chi connectivity index (χ2n) is 10.8. The van der Waals surface area contributed by atoms with E-state index < -0.39 is 6.04 Å². The summed E-state index contributed by atoms with van der Waals surface area (Å²) in [6.45, 7) is 18.7. The van der Waals surface area contributed by atoms with Gasteiger partial charge in [0.25, 0.3) is 5.91 Å². The van der Waals surface area contributed by atoms with Crippen molar-refractivity contribution in [1.29, 1.82) is 0 Å².